The molecule has 3 fully saturated rings. The molecule has 10 heteroatoms. The summed E-state index contributed by atoms with van der Waals surface area (Å²) in [5, 5.41) is 18.6. The number of nitriles is 1. The third-order valence-corrected chi connectivity index (χ3v) is 7.15. The van der Waals surface area contributed by atoms with Crippen LogP contribution >= 0.6 is 0 Å². The molecule has 2 heterocycles. The fourth-order valence-electron chi connectivity index (χ4n) is 4.96. The van der Waals surface area contributed by atoms with Gasteiger partial charge >= 0.3 is 6.03 Å². The maximum absolute atomic E-state index is 13.6. The van der Waals surface area contributed by atoms with Gasteiger partial charge in [-0.3, -0.25) is 10.1 Å². The van der Waals surface area contributed by atoms with E-state index in [-0.39, 0.29) is 11.9 Å². The Morgan fingerprint density at radius 3 is 2.44 bits per heavy atom. The van der Waals surface area contributed by atoms with Crippen LogP contribution in [-0.2, 0) is 9.53 Å². The molecule has 1 aliphatic carbocycles. The van der Waals surface area contributed by atoms with Crippen molar-refractivity contribution in [2.45, 2.75) is 69.9 Å². The van der Waals surface area contributed by atoms with Gasteiger partial charge in [-0.05, 0) is 39.2 Å². The molecule has 3 N–H and O–H groups in total. The molecule has 2 saturated heterocycles. The fourth-order valence-corrected chi connectivity index (χ4v) is 4.96. The summed E-state index contributed by atoms with van der Waals surface area (Å²) >= 11 is 0. The SMILES string of the molecule is CCNC(=O)NC(=NC(CC1CCCCC1)C(=O)NC1(C#N)CCN(C)CC1)N1CCOCC1. The highest BCUT2D eigenvalue weighted by molar-refractivity contribution is 5.97. The van der Waals surface area contributed by atoms with Gasteiger partial charge in [0.05, 0.1) is 19.3 Å². The van der Waals surface area contributed by atoms with Crippen LogP contribution in [0.2, 0.25) is 0 Å². The van der Waals surface area contributed by atoms with E-state index in [0.717, 1.165) is 25.9 Å². The Morgan fingerprint density at radius 1 is 1.15 bits per heavy atom. The highest BCUT2D eigenvalue weighted by atomic mass is 16.5. The molecule has 3 amide bonds. The van der Waals surface area contributed by atoms with Crippen LogP contribution in [0.15, 0.2) is 4.99 Å². The van der Waals surface area contributed by atoms with Gasteiger partial charge in [0.1, 0.15) is 11.6 Å². The minimum absolute atomic E-state index is 0.222. The van der Waals surface area contributed by atoms with Crippen molar-refractivity contribution < 1.29 is 14.3 Å². The van der Waals surface area contributed by atoms with Gasteiger partial charge in [0, 0.05) is 32.7 Å². The predicted molar refractivity (Wildman–Crippen MR) is 130 cm³/mol. The smallest absolute Gasteiger partial charge is 0.321 e. The number of hydrogen-bond donors (Lipinski definition) is 3. The molecule has 1 saturated carbocycles. The molecule has 0 aromatic heterocycles. The molecule has 2 aliphatic heterocycles. The molecule has 190 valence electrons. The van der Waals surface area contributed by atoms with Crippen molar-refractivity contribution in [3.05, 3.63) is 0 Å². The number of nitrogens with zero attached hydrogens (tertiary/aromatic N) is 4. The zero-order valence-corrected chi connectivity index (χ0v) is 20.8. The molecule has 3 aliphatic rings. The average molecular weight is 476 g/mol. The third kappa shape index (κ3) is 7.57. The molecule has 1 unspecified atom stereocenters. The lowest BCUT2D eigenvalue weighted by Gasteiger charge is -2.37. The van der Waals surface area contributed by atoms with Crippen LogP contribution in [0.5, 0.6) is 0 Å². The van der Waals surface area contributed by atoms with Crippen LogP contribution in [-0.4, -0.2) is 92.3 Å². The van der Waals surface area contributed by atoms with Crippen molar-refractivity contribution in [3.8, 4) is 6.07 Å². The van der Waals surface area contributed by atoms with Crippen LogP contribution in [0.1, 0.15) is 58.3 Å². The summed E-state index contributed by atoms with van der Waals surface area (Å²) in [6.45, 7) is 6.15. The molecule has 34 heavy (non-hydrogen) atoms. The standard InChI is InChI=1S/C24H41N7O3/c1-3-26-23(33)28-22(31-13-15-34-16-14-31)27-20(17-19-7-5-4-6-8-19)21(32)29-24(18-25)9-11-30(2)12-10-24/h19-20H,3-17H2,1-2H3,(H,29,32)(H2,26,27,28,33). The van der Waals surface area contributed by atoms with Gasteiger partial charge in [-0.15, -0.1) is 0 Å². The van der Waals surface area contributed by atoms with Crippen molar-refractivity contribution in [2.24, 2.45) is 10.9 Å². The van der Waals surface area contributed by atoms with E-state index in [4.69, 9.17) is 9.73 Å². The Bertz CT molecular complexity index is 746. The Kier molecular flexibility index (Phi) is 9.96. The summed E-state index contributed by atoms with van der Waals surface area (Å²) < 4.78 is 5.47. The fraction of sp³-hybridized carbons (Fsp3) is 0.833. The monoisotopic (exact) mass is 475 g/mol. The van der Waals surface area contributed by atoms with Gasteiger partial charge in [-0.1, -0.05) is 32.1 Å². The number of aliphatic imine (C=N–C) groups is 1. The Hall–Kier alpha value is -2.38. The summed E-state index contributed by atoms with van der Waals surface area (Å²) in [5.74, 6) is 0.596. The number of amides is 3. The molecule has 3 rings (SSSR count). The molecule has 10 nitrogen and oxygen atoms in total. The first-order valence-electron chi connectivity index (χ1n) is 12.8. The van der Waals surface area contributed by atoms with Gasteiger partial charge in [0.25, 0.3) is 0 Å². The maximum Gasteiger partial charge on any atom is 0.321 e. The summed E-state index contributed by atoms with van der Waals surface area (Å²) in [7, 11) is 2.03. The highest BCUT2D eigenvalue weighted by Gasteiger charge is 2.38. The molecule has 0 aromatic rings. The van der Waals surface area contributed by atoms with Crippen LogP contribution < -0.4 is 16.0 Å². The van der Waals surface area contributed by atoms with Crippen molar-refractivity contribution >= 4 is 17.9 Å². The van der Waals surface area contributed by atoms with E-state index < -0.39 is 11.6 Å². The number of urea groups is 1. The van der Waals surface area contributed by atoms with Gasteiger partial charge in [0.2, 0.25) is 11.9 Å². The zero-order valence-electron chi connectivity index (χ0n) is 20.8. The number of guanidine groups is 1. The zero-order chi connectivity index (χ0) is 24.4. The number of piperidine rings is 1. The molecule has 0 aromatic carbocycles. The normalized spacial score (nSPS) is 23.0. The first-order valence-corrected chi connectivity index (χ1v) is 12.8. The van der Waals surface area contributed by atoms with Crippen molar-refractivity contribution in [1.29, 1.82) is 5.26 Å². The van der Waals surface area contributed by atoms with E-state index in [1.165, 1.54) is 19.3 Å². The van der Waals surface area contributed by atoms with E-state index in [2.05, 4.69) is 26.9 Å². The average Bonchev–Trinajstić information content (AvgIpc) is 2.86. The second kappa shape index (κ2) is 12.9. The Balaban J connectivity index is 1.83. The summed E-state index contributed by atoms with van der Waals surface area (Å²) in [6, 6.07) is 1.38. The quantitative estimate of drug-likeness (QED) is 0.395. The van der Waals surface area contributed by atoms with E-state index in [1.54, 1.807) is 0 Å². The van der Waals surface area contributed by atoms with Gasteiger partial charge in [-0.25, -0.2) is 9.79 Å². The highest BCUT2D eigenvalue weighted by Crippen LogP contribution is 2.29. The lowest BCUT2D eigenvalue weighted by Crippen LogP contribution is -2.57. The molecule has 0 radical (unpaired) electrons. The van der Waals surface area contributed by atoms with Crippen LogP contribution in [0.3, 0.4) is 0 Å². The largest absolute Gasteiger partial charge is 0.378 e. The molecule has 0 bridgehead atoms. The molecule has 1 atom stereocenters. The predicted octanol–water partition coefficient (Wildman–Crippen LogP) is 1.44. The van der Waals surface area contributed by atoms with Gasteiger partial charge < -0.3 is 25.2 Å². The lowest BCUT2D eigenvalue weighted by molar-refractivity contribution is -0.124. The van der Waals surface area contributed by atoms with E-state index in [1.807, 2.05) is 18.9 Å². The van der Waals surface area contributed by atoms with E-state index >= 15 is 0 Å². The first kappa shape index (κ1) is 26.2. The number of ether oxygens (including phenoxy) is 1. The minimum atomic E-state index is -0.865. The van der Waals surface area contributed by atoms with Crippen molar-refractivity contribution in [1.82, 2.24) is 25.8 Å². The number of nitrogens with one attached hydrogen (secondary N) is 3. The summed E-state index contributed by atoms with van der Waals surface area (Å²) in [6.07, 6.45) is 7.57. The molecule has 0 spiro atoms. The van der Waals surface area contributed by atoms with Crippen LogP contribution in [0, 0.1) is 17.2 Å². The lowest BCUT2D eigenvalue weighted by atomic mass is 9.84. The van der Waals surface area contributed by atoms with E-state index in [0.29, 0.717) is 64.0 Å². The number of hydrogen-bond acceptors (Lipinski definition) is 6. The van der Waals surface area contributed by atoms with Crippen LogP contribution in [0.25, 0.3) is 0 Å². The Morgan fingerprint density at radius 2 is 1.82 bits per heavy atom. The number of carbonyl (C=O) groups is 2. The number of rotatable bonds is 6. The second-order valence-corrected chi connectivity index (χ2v) is 9.78. The topological polar surface area (TPSA) is 122 Å². The second-order valence-electron chi connectivity index (χ2n) is 9.78. The van der Waals surface area contributed by atoms with Crippen LogP contribution in [0.4, 0.5) is 4.79 Å². The van der Waals surface area contributed by atoms with Gasteiger partial charge in [0.15, 0.2) is 0 Å². The van der Waals surface area contributed by atoms with Crippen molar-refractivity contribution in [2.75, 3.05) is 53.0 Å². The number of carbonyl (C=O) groups excluding carboxylic acids is 2. The maximum atomic E-state index is 13.6. The summed E-state index contributed by atoms with van der Waals surface area (Å²) in [4.78, 5) is 35.0. The number of morpholine rings is 1. The third-order valence-electron chi connectivity index (χ3n) is 7.15. The first-order chi connectivity index (χ1) is 16.4. The summed E-state index contributed by atoms with van der Waals surface area (Å²) in [5.41, 5.74) is -0.865. The number of likely N-dealkylation sites (tertiary alicyclic amines) is 1. The molecular formula is C24H41N7O3. The Labute approximate surface area is 203 Å². The molecular weight excluding hydrogens is 434 g/mol. The van der Waals surface area contributed by atoms with E-state index in [9.17, 15) is 14.9 Å². The van der Waals surface area contributed by atoms with Crippen molar-refractivity contribution in [3.63, 3.8) is 0 Å². The minimum Gasteiger partial charge on any atom is -0.378 e. The van der Waals surface area contributed by atoms with Gasteiger partial charge in [-0.2, -0.15) is 5.26 Å².